The van der Waals surface area contributed by atoms with Gasteiger partial charge in [0.2, 0.25) is 5.75 Å². The van der Waals surface area contributed by atoms with Crippen molar-refractivity contribution in [3.05, 3.63) is 55.1 Å². The Hall–Kier alpha value is -3.81. The Labute approximate surface area is 168 Å². The molecule has 0 unspecified atom stereocenters. The first kappa shape index (κ1) is 18.5. The first-order valence-corrected chi connectivity index (χ1v) is 8.94. The highest BCUT2D eigenvalue weighted by molar-refractivity contribution is 5.81. The summed E-state index contributed by atoms with van der Waals surface area (Å²) >= 11 is 0. The maximum atomic E-state index is 5.48. The van der Waals surface area contributed by atoms with Gasteiger partial charge in [-0.15, -0.1) is 0 Å². The van der Waals surface area contributed by atoms with E-state index in [1.54, 1.807) is 44.4 Å². The van der Waals surface area contributed by atoms with Crippen LogP contribution in [0.3, 0.4) is 0 Å². The maximum absolute atomic E-state index is 5.48. The number of fused-ring (bicyclic) bond motifs is 1. The number of methoxy groups -OCH3 is 3. The predicted octanol–water partition coefficient (Wildman–Crippen LogP) is 3.59. The molecule has 148 valence electrons. The molecule has 8 nitrogen and oxygen atoms in total. The van der Waals surface area contributed by atoms with Gasteiger partial charge >= 0.3 is 0 Å². The van der Waals surface area contributed by atoms with Crippen molar-refractivity contribution in [3.63, 3.8) is 0 Å². The van der Waals surface area contributed by atoms with Crippen LogP contribution in [0.25, 0.3) is 16.8 Å². The van der Waals surface area contributed by atoms with Gasteiger partial charge in [-0.1, -0.05) is 0 Å². The molecule has 0 aliphatic rings. The van der Waals surface area contributed by atoms with Crippen LogP contribution >= 0.6 is 0 Å². The van der Waals surface area contributed by atoms with Crippen LogP contribution in [-0.2, 0) is 0 Å². The third kappa shape index (κ3) is 3.29. The summed E-state index contributed by atoms with van der Waals surface area (Å²) in [4.78, 5) is 10.9. The van der Waals surface area contributed by atoms with E-state index in [0.717, 1.165) is 28.3 Å². The van der Waals surface area contributed by atoms with Crippen LogP contribution < -0.4 is 19.1 Å². The first-order chi connectivity index (χ1) is 14.2. The SMILES string of the molecule is COc1cc(-c2cnn3ccc(N(C)c4ccncc4)nc23)cc(OC)c1OC. The minimum absolute atomic E-state index is 0.543. The summed E-state index contributed by atoms with van der Waals surface area (Å²) in [6.07, 6.45) is 7.17. The number of aromatic nitrogens is 4. The molecular weight excluding hydrogens is 370 g/mol. The summed E-state index contributed by atoms with van der Waals surface area (Å²) in [6.45, 7) is 0. The first-order valence-electron chi connectivity index (χ1n) is 8.94. The van der Waals surface area contributed by atoms with Crippen molar-refractivity contribution in [1.29, 1.82) is 0 Å². The van der Waals surface area contributed by atoms with E-state index in [-0.39, 0.29) is 0 Å². The summed E-state index contributed by atoms with van der Waals surface area (Å²) in [7, 11) is 6.73. The van der Waals surface area contributed by atoms with Gasteiger partial charge in [-0.25, -0.2) is 9.50 Å². The smallest absolute Gasteiger partial charge is 0.203 e. The molecule has 0 bridgehead atoms. The number of hydrogen-bond donors (Lipinski definition) is 0. The van der Waals surface area contributed by atoms with Gasteiger partial charge in [0.15, 0.2) is 17.1 Å². The molecule has 0 saturated heterocycles. The lowest BCUT2D eigenvalue weighted by atomic mass is 10.1. The van der Waals surface area contributed by atoms with Crippen LogP contribution in [0.15, 0.2) is 55.1 Å². The van der Waals surface area contributed by atoms with Gasteiger partial charge in [0, 0.05) is 36.9 Å². The van der Waals surface area contributed by atoms with E-state index in [9.17, 15) is 0 Å². The molecule has 3 aromatic heterocycles. The van der Waals surface area contributed by atoms with Crippen LogP contribution in [0.1, 0.15) is 0 Å². The maximum Gasteiger partial charge on any atom is 0.203 e. The number of rotatable bonds is 6. The summed E-state index contributed by atoms with van der Waals surface area (Å²) in [5.74, 6) is 2.48. The molecule has 4 rings (SSSR count). The Kier molecular flexibility index (Phi) is 4.90. The number of ether oxygens (including phenoxy) is 3. The van der Waals surface area contributed by atoms with Crippen molar-refractivity contribution >= 4 is 17.2 Å². The molecule has 8 heteroatoms. The van der Waals surface area contributed by atoms with Gasteiger partial charge in [0.05, 0.1) is 27.5 Å². The fourth-order valence-electron chi connectivity index (χ4n) is 3.19. The zero-order valence-corrected chi connectivity index (χ0v) is 16.7. The Morgan fingerprint density at radius 3 is 2.24 bits per heavy atom. The molecule has 29 heavy (non-hydrogen) atoms. The van der Waals surface area contributed by atoms with Gasteiger partial charge in [-0.3, -0.25) is 4.98 Å². The highest BCUT2D eigenvalue weighted by Gasteiger charge is 2.18. The predicted molar refractivity (Wildman–Crippen MR) is 110 cm³/mol. The number of pyridine rings is 1. The van der Waals surface area contributed by atoms with Gasteiger partial charge in [0.25, 0.3) is 0 Å². The summed E-state index contributed by atoms with van der Waals surface area (Å²) < 4.78 is 18.1. The monoisotopic (exact) mass is 391 g/mol. The largest absolute Gasteiger partial charge is 0.493 e. The second-order valence-corrected chi connectivity index (χ2v) is 6.29. The fraction of sp³-hybridized carbons (Fsp3) is 0.190. The van der Waals surface area contributed by atoms with Gasteiger partial charge in [0.1, 0.15) is 5.82 Å². The molecule has 0 saturated carbocycles. The lowest BCUT2D eigenvalue weighted by molar-refractivity contribution is 0.324. The zero-order valence-electron chi connectivity index (χ0n) is 16.7. The second-order valence-electron chi connectivity index (χ2n) is 6.29. The van der Waals surface area contributed by atoms with E-state index in [2.05, 4.69) is 10.1 Å². The molecule has 4 aromatic rings. The van der Waals surface area contributed by atoms with Crippen LogP contribution in [0.5, 0.6) is 17.2 Å². The van der Waals surface area contributed by atoms with Gasteiger partial charge < -0.3 is 19.1 Å². The number of nitrogens with zero attached hydrogens (tertiary/aromatic N) is 5. The van der Waals surface area contributed by atoms with E-state index < -0.39 is 0 Å². The van der Waals surface area contributed by atoms with Crippen LogP contribution in [0.4, 0.5) is 11.5 Å². The van der Waals surface area contributed by atoms with Crippen LogP contribution in [0.2, 0.25) is 0 Å². The third-order valence-electron chi connectivity index (χ3n) is 4.72. The fourth-order valence-corrected chi connectivity index (χ4v) is 3.19. The average molecular weight is 391 g/mol. The molecule has 1 aromatic carbocycles. The quantitative estimate of drug-likeness (QED) is 0.497. The Bertz CT molecular complexity index is 1120. The zero-order chi connectivity index (χ0) is 20.4. The molecular formula is C21H21N5O3. The highest BCUT2D eigenvalue weighted by Crippen LogP contribution is 2.41. The highest BCUT2D eigenvalue weighted by atomic mass is 16.5. The van der Waals surface area contributed by atoms with Crippen molar-refractivity contribution in [2.24, 2.45) is 0 Å². The second kappa shape index (κ2) is 7.67. The Morgan fingerprint density at radius 2 is 1.62 bits per heavy atom. The van der Waals surface area contributed by atoms with E-state index in [1.807, 2.05) is 48.5 Å². The third-order valence-corrected chi connectivity index (χ3v) is 4.72. The normalized spacial score (nSPS) is 10.8. The summed E-state index contributed by atoms with van der Waals surface area (Å²) in [5.41, 5.74) is 3.43. The molecule has 3 heterocycles. The van der Waals surface area contributed by atoms with Crippen molar-refractivity contribution in [2.75, 3.05) is 33.3 Å². The summed E-state index contributed by atoms with van der Waals surface area (Å²) in [5, 5.41) is 4.43. The Balaban J connectivity index is 1.83. The van der Waals surface area contributed by atoms with Crippen molar-refractivity contribution in [1.82, 2.24) is 19.6 Å². The topological polar surface area (TPSA) is 74.0 Å². The van der Waals surface area contributed by atoms with Crippen LogP contribution in [-0.4, -0.2) is 48.0 Å². The molecule has 0 amide bonds. The molecule has 0 atom stereocenters. The Morgan fingerprint density at radius 1 is 0.931 bits per heavy atom. The van der Waals surface area contributed by atoms with Crippen molar-refractivity contribution in [2.45, 2.75) is 0 Å². The molecule has 0 fully saturated rings. The van der Waals surface area contributed by atoms with Gasteiger partial charge in [-0.05, 0) is 35.9 Å². The van der Waals surface area contributed by atoms with Crippen LogP contribution in [0, 0.1) is 0 Å². The standard InChI is InChI=1S/C21H21N5O3/c1-25(15-5-8-22-9-6-15)19-7-10-26-21(24-19)16(13-23-26)14-11-17(27-2)20(29-4)18(12-14)28-3/h5-13H,1-4H3. The van der Waals surface area contributed by atoms with E-state index in [1.165, 1.54) is 0 Å². The number of anilines is 2. The minimum Gasteiger partial charge on any atom is -0.493 e. The number of benzene rings is 1. The summed E-state index contributed by atoms with van der Waals surface area (Å²) in [6, 6.07) is 9.56. The molecule has 0 radical (unpaired) electrons. The van der Waals surface area contributed by atoms with E-state index >= 15 is 0 Å². The van der Waals surface area contributed by atoms with E-state index in [0.29, 0.717) is 17.2 Å². The van der Waals surface area contributed by atoms with Crippen molar-refractivity contribution in [3.8, 4) is 28.4 Å². The average Bonchev–Trinajstić information content (AvgIpc) is 3.21. The van der Waals surface area contributed by atoms with Gasteiger partial charge in [-0.2, -0.15) is 5.10 Å². The lowest BCUT2D eigenvalue weighted by Gasteiger charge is -2.18. The lowest BCUT2D eigenvalue weighted by Crippen LogP contribution is -2.11. The minimum atomic E-state index is 0.543. The molecule has 0 spiro atoms. The molecule has 0 N–H and O–H groups in total. The molecule has 0 aliphatic heterocycles. The van der Waals surface area contributed by atoms with Crippen molar-refractivity contribution < 1.29 is 14.2 Å². The number of hydrogen-bond acceptors (Lipinski definition) is 7. The molecule has 0 aliphatic carbocycles. The van der Waals surface area contributed by atoms with E-state index in [4.69, 9.17) is 19.2 Å².